The van der Waals surface area contributed by atoms with Crippen molar-refractivity contribution in [3.05, 3.63) is 30.1 Å². The smallest absolute Gasteiger partial charge is 0.193 e. The zero-order valence-electron chi connectivity index (χ0n) is 13.7. The second-order valence-electron chi connectivity index (χ2n) is 6.47. The number of hydrogen-bond acceptors (Lipinski definition) is 2. The lowest BCUT2D eigenvalue weighted by Gasteiger charge is -2.23. The molecule has 1 N–H and O–H groups in total. The molecule has 0 amide bonds. The van der Waals surface area contributed by atoms with E-state index in [9.17, 15) is 4.39 Å². The monoisotopic (exact) mass is 307 g/mol. The van der Waals surface area contributed by atoms with Crippen molar-refractivity contribution in [3.63, 3.8) is 0 Å². The Morgan fingerprint density at radius 3 is 2.68 bits per heavy atom. The van der Waals surface area contributed by atoms with E-state index in [1.807, 2.05) is 7.05 Å². The van der Waals surface area contributed by atoms with Crippen LogP contribution in [0.5, 0.6) is 5.75 Å². The van der Waals surface area contributed by atoms with Crippen LogP contribution in [0.1, 0.15) is 26.7 Å². The fraction of sp³-hybridized carbons (Fsp3) is 0.588. The predicted molar refractivity (Wildman–Crippen MR) is 87.8 cm³/mol. The summed E-state index contributed by atoms with van der Waals surface area (Å²) in [6, 6.07) is 6.11. The number of likely N-dealkylation sites (tertiary alicyclic amines) is 1. The van der Waals surface area contributed by atoms with Gasteiger partial charge in [0.1, 0.15) is 11.6 Å². The van der Waals surface area contributed by atoms with E-state index < -0.39 is 0 Å². The van der Waals surface area contributed by atoms with Crippen LogP contribution in [-0.4, -0.2) is 44.1 Å². The summed E-state index contributed by atoms with van der Waals surface area (Å²) in [5.41, 5.74) is 0.364. The molecular weight excluding hydrogens is 281 g/mol. The van der Waals surface area contributed by atoms with Gasteiger partial charge in [-0.2, -0.15) is 0 Å². The first-order valence-electron chi connectivity index (χ1n) is 7.84. The molecule has 0 aliphatic carbocycles. The van der Waals surface area contributed by atoms with Crippen molar-refractivity contribution >= 4 is 5.96 Å². The van der Waals surface area contributed by atoms with Gasteiger partial charge in [0.05, 0.1) is 6.61 Å². The molecule has 122 valence electrons. The average molecular weight is 307 g/mol. The van der Waals surface area contributed by atoms with Crippen LogP contribution in [0.2, 0.25) is 0 Å². The molecule has 0 unspecified atom stereocenters. The summed E-state index contributed by atoms with van der Waals surface area (Å²) < 4.78 is 18.4. The Hall–Kier alpha value is -1.78. The molecule has 2 rings (SSSR count). The van der Waals surface area contributed by atoms with Crippen LogP contribution in [0, 0.1) is 11.2 Å². The molecule has 4 nitrogen and oxygen atoms in total. The molecule has 0 aromatic heterocycles. The Morgan fingerprint density at radius 2 is 2.09 bits per heavy atom. The molecular formula is C17H26FN3O. The summed E-state index contributed by atoms with van der Waals surface area (Å²) in [4.78, 5) is 6.66. The van der Waals surface area contributed by atoms with Crippen LogP contribution in [0.3, 0.4) is 0 Å². The van der Waals surface area contributed by atoms with Crippen molar-refractivity contribution in [2.24, 2.45) is 10.4 Å². The molecule has 1 saturated heterocycles. The molecule has 1 aliphatic rings. The summed E-state index contributed by atoms with van der Waals surface area (Å²) in [6.07, 6.45) is 2.06. The number of rotatable bonds is 5. The van der Waals surface area contributed by atoms with E-state index in [-0.39, 0.29) is 5.82 Å². The number of nitrogens with zero attached hydrogens (tertiary/aromatic N) is 2. The van der Waals surface area contributed by atoms with E-state index in [4.69, 9.17) is 4.74 Å². The van der Waals surface area contributed by atoms with Crippen LogP contribution in [-0.2, 0) is 0 Å². The SMILES string of the molecule is CN=C(NCCCOc1ccc(F)cc1)N1CCC(C)(C)C1. The standard InChI is InChI=1S/C17H26FN3O/c1-17(2)9-11-21(13-17)16(19-3)20-10-4-12-22-15-7-5-14(18)6-8-15/h5-8H,4,9-13H2,1-3H3,(H,19,20). The van der Waals surface area contributed by atoms with Gasteiger partial charge in [-0.15, -0.1) is 0 Å². The van der Waals surface area contributed by atoms with E-state index >= 15 is 0 Å². The largest absolute Gasteiger partial charge is 0.494 e. The first kappa shape index (κ1) is 16.6. The quantitative estimate of drug-likeness (QED) is 0.516. The van der Waals surface area contributed by atoms with Crippen LogP contribution in [0.25, 0.3) is 0 Å². The lowest BCUT2D eigenvalue weighted by molar-refractivity contribution is 0.309. The van der Waals surface area contributed by atoms with E-state index in [1.54, 1.807) is 12.1 Å². The molecule has 1 aromatic carbocycles. The predicted octanol–water partition coefficient (Wildman–Crippen LogP) is 2.90. The van der Waals surface area contributed by atoms with Crippen molar-refractivity contribution < 1.29 is 9.13 Å². The molecule has 0 bridgehead atoms. The van der Waals surface area contributed by atoms with Gasteiger partial charge in [0, 0.05) is 26.7 Å². The van der Waals surface area contributed by atoms with E-state index in [0.29, 0.717) is 17.8 Å². The highest BCUT2D eigenvalue weighted by Crippen LogP contribution is 2.28. The summed E-state index contributed by atoms with van der Waals surface area (Å²) in [5.74, 6) is 1.42. The molecule has 0 spiro atoms. The van der Waals surface area contributed by atoms with Gasteiger partial charge >= 0.3 is 0 Å². The molecule has 22 heavy (non-hydrogen) atoms. The van der Waals surface area contributed by atoms with Gasteiger partial charge in [-0.3, -0.25) is 4.99 Å². The number of benzene rings is 1. The van der Waals surface area contributed by atoms with E-state index in [0.717, 1.165) is 32.0 Å². The number of aliphatic imine (C=N–C) groups is 1. The molecule has 0 radical (unpaired) electrons. The molecule has 1 heterocycles. The Morgan fingerprint density at radius 1 is 1.36 bits per heavy atom. The molecule has 0 atom stereocenters. The van der Waals surface area contributed by atoms with Crippen LogP contribution < -0.4 is 10.1 Å². The Labute approximate surface area is 132 Å². The minimum absolute atomic E-state index is 0.244. The van der Waals surface area contributed by atoms with Crippen LogP contribution in [0.4, 0.5) is 4.39 Å². The van der Waals surface area contributed by atoms with Crippen LogP contribution in [0.15, 0.2) is 29.3 Å². The Balaban J connectivity index is 1.66. The minimum Gasteiger partial charge on any atom is -0.494 e. The number of hydrogen-bond donors (Lipinski definition) is 1. The first-order valence-corrected chi connectivity index (χ1v) is 7.84. The Kier molecular flexibility index (Phi) is 5.63. The van der Waals surface area contributed by atoms with Gasteiger partial charge in [0.15, 0.2) is 5.96 Å². The maximum atomic E-state index is 12.8. The summed E-state index contributed by atoms with van der Waals surface area (Å²) in [5, 5.41) is 3.38. The van der Waals surface area contributed by atoms with Crippen molar-refractivity contribution in [2.45, 2.75) is 26.7 Å². The van der Waals surface area contributed by atoms with Crippen LogP contribution >= 0.6 is 0 Å². The highest BCUT2D eigenvalue weighted by Gasteiger charge is 2.30. The highest BCUT2D eigenvalue weighted by molar-refractivity contribution is 5.80. The van der Waals surface area contributed by atoms with E-state index in [2.05, 4.69) is 29.1 Å². The normalized spacial score (nSPS) is 17.6. The second-order valence-corrected chi connectivity index (χ2v) is 6.47. The van der Waals surface area contributed by atoms with Crippen molar-refractivity contribution in [1.29, 1.82) is 0 Å². The third kappa shape index (κ3) is 4.90. The lowest BCUT2D eigenvalue weighted by Crippen LogP contribution is -2.41. The van der Waals surface area contributed by atoms with Gasteiger partial charge in [0.25, 0.3) is 0 Å². The highest BCUT2D eigenvalue weighted by atomic mass is 19.1. The fourth-order valence-electron chi connectivity index (χ4n) is 2.62. The van der Waals surface area contributed by atoms with E-state index in [1.165, 1.54) is 18.6 Å². The van der Waals surface area contributed by atoms with Gasteiger partial charge in [-0.25, -0.2) is 4.39 Å². The minimum atomic E-state index is -0.244. The van der Waals surface area contributed by atoms with Crippen molar-refractivity contribution in [3.8, 4) is 5.75 Å². The zero-order valence-corrected chi connectivity index (χ0v) is 13.7. The Bertz CT molecular complexity index is 499. The van der Waals surface area contributed by atoms with Crippen molar-refractivity contribution in [2.75, 3.05) is 33.3 Å². The van der Waals surface area contributed by atoms with Gasteiger partial charge in [0.2, 0.25) is 0 Å². The maximum absolute atomic E-state index is 12.8. The van der Waals surface area contributed by atoms with Gasteiger partial charge in [-0.05, 0) is 42.5 Å². The van der Waals surface area contributed by atoms with Crippen molar-refractivity contribution in [1.82, 2.24) is 10.2 Å². The third-order valence-electron chi connectivity index (χ3n) is 3.88. The maximum Gasteiger partial charge on any atom is 0.193 e. The van der Waals surface area contributed by atoms with Gasteiger partial charge < -0.3 is 15.0 Å². The summed E-state index contributed by atoms with van der Waals surface area (Å²) >= 11 is 0. The molecule has 1 fully saturated rings. The summed E-state index contributed by atoms with van der Waals surface area (Å²) in [7, 11) is 1.82. The third-order valence-corrected chi connectivity index (χ3v) is 3.88. The molecule has 1 aromatic rings. The second kappa shape index (κ2) is 7.47. The summed E-state index contributed by atoms with van der Waals surface area (Å²) in [6.45, 7) is 8.08. The number of nitrogens with one attached hydrogen (secondary N) is 1. The average Bonchev–Trinajstić information content (AvgIpc) is 2.85. The molecule has 1 aliphatic heterocycles. The topological polar surface area (TPSA) is 36.9 Å². The molecule has 5 heteroatoms. The number of ether oxygens (including phenoxy) is 1. The zero-order chi connectivity index (χ0) is 16.0. The van der Waals surface area contributed by atoms with Gasteiger partial charge in [-0.1, -0.05) is 13.8 Å². The first-order chi connectivity index (χ1) is 10.5. The number of guanidine groups is 1. The lowest BCUT2D eigenvalue weighted by atomic mass is 9.93. The number of halogens is 1. The fourth-order valence-corrected chi connectivity index (χ4v) is 2.62. The molecule has 0 saturated carbocycles.